The molecule has 0 aliphatic rings. The lowest BCUT2D eigenvalue weighted by molar-refractivity contribution is 0.822. The molecule has 27 heavy (non-hydrogen) atoms. The molecule has 0 saturated heterocycles. The third kappa shape index (κ3) is 4.03. The second kappa shape index (κ2) is 8.17. The van der Waals surface area contributed by atoms with E-state index in [1.165, 1.54) is 21.9 Å². The van der Waals surface area contributed by atoms with Crippen LogP contribution in [0, 0.1) is 0 Å². The van der Waals surface area contributed by atoms with Gasteiger partial charge in [0.1, 0.15) is 0 Å². The predicted molar refractivity (Wildman–Crippen MR) is 118 cm³/mol. The fourth-order valence-electron chi connectivity index (χ4n) is 3.59. The normalized spacial score (nSPS) is 11.0. The third-order valence-corrected chi connectivity index (χ3v) is 5.76. The highest BCUT2D eigenvalue weighted by atomic mass is 35.5. The second-order valence-electron chi connectivity index (χ2n) is 6.81. The van der Waals surface area contributed by atoms with Crippen LogP contribution < -0.4 is 0 Å². The number of halogens is 2. The molecule has 0 bridgehead atoms. The van der Waals surface area contributed by atoms with Crippen molar-refractivity contribution in [2.45, 2.75) is 19.3 Å². The molecule has 0 fully saturated rings. The molecule has 0 heterocycles. The first-order valence-corrected chi connectivity index (χ1v) is 9.98. The van der Waals surface area contributed by atoms with Crippen LogP contribution in [0.5, 0.6) is 0 Å². The van der Waals surface area contributed by atoms with Crippen molar-refractivity contribution in [1.82, 2.24) is 0 Å². The molecule has 0 unspecified atom stereocenters. The van der Waals surface area contributed by atoms with Gasteiger partial charge in [-0.15, -0.1) is 0 Å². The molecule has 0 radical (unpaired) electrons. The Labute approximate surface area is 170 Å². The minimum Gasteiger partial charge on any atom is -0.0827 e. The predicted octanol–water partition coefficient (Wildman–Crippen LogP) is 7.99. The molecule has 4 aromatic carbocycles. The van der Waals surface area contributed by atoms with Crippen LogP contribution in [0.4, 0.5) is 0 Å². The zero-order valence-corrected chi connectivity index (χ0v) is 16.5. The van der Waals surface area contributed by atoms with Crippen LogP contribution >= 0.6 is 23.2 Å². The second-order valence-corrected chi connectivity index (χ2v) is 7.59. The maximum atomic E-state index is 6.53. The summed E-state index contributed by atoms with van der Waals surface area (Å²) in [7, 11) is 0. The molecular formula is C25H20Cl2. The van der Waals surface area contributed by atoms with Gasteiger partial charge >= 0.3 is 0 Å². The Bertz CT molecular complexity index is 1070. The van der Waals surface area contributed by atoms with E-state index in [1.807, 2.05) is 18.2 Å². The lowest BCUT2D eigenvalue weighted by atomic mass is 9.93. The molecule has 0 spiro atoms. The lowest BCUT2D eigenvalue weighted by Gasteiger charge is -2.13. The number of aryl methyl sites for hydroxylation is 2. The smallest absolute Gasteiger partial charge is 0.0670 e. The molecule has 0 amide bonds. The Hall–Kier alpha value is -2.28. The largest absolute Gasteiger partial charge is 0.0827 e. The van der Waals surface area contributed by atoms with Crippen molar-refractivity contribution in [2.24, 2.45) is 0 Å². The van der Waals surface area contributed by atoms with Crippen molar-refractivity contribution in [2.75, 3.05) is 0 Å². The van der Waals surface area contributed by atoms with Gasteiger partial charge in [-0.1, -0.05) is 102 Å². The summed E-state index contributed by atoms with van der Waals surface area (Å²) >= 11 is 12.8. The number of fused-ring (bicyclic) bond motifs is 1. The summed E-state index contributed by atoms with van der Waals surface area (Å²) < 4.78 is 0. The molecule has 0 aliphatic heterocycles. The maximum Gasteiger partial charge on any atom is 0.0670 e. The highest BCUT2D eigenvalue weighted by molar-refractivity contribution is 6.44. The summed E-state index contributed by atoms with van der Waals surface area (Å²) in [6.45, 7) is 0. The van der Waals surface area contributed by atoms with Crippen molar-refractivity contribution < 1.29 is 0 Å². The zero-order valence-electron chi connectivity index (χ0n) is 15.0. The number of hydrogen-bond acceptors (Lipinski definition) is 0. The molecule has 0 atom stereocenters. The molecular weight excluding hydrogens is 371 g/mol. The van der Waals surface area contributed by atoms with Crippen molar-refractivity contribution in [3.05, 3.63) is 106 Å². The van der Waals surface area contributed by atoms with E-state index >= 15 is 0 Å². The summed E-state index contributed by atoms with van der Waals surface area (Å²) in [6.07, 6.45) is 3.23. The standard InChI is InChI=1S/C25H20Cl2/c26-24-15-7-14-22(25(24)27)23-17-19(16-20-12-4-5-13-21(20)23)11-6-10-18-8-2-1-3-9-18/h1-5,7-9,12-17H,6,10-11H2. The van der Waals surface area contributed by atoms with E-state index in [0.29, 0.717) is 10.0 Å². The molecule has 0 saturated carbocycles. The van der Waals surface area contributed by atoms with Crippen molar-refractivity contribution in [3.8, 4) is 11.1 Å². The van der Waals surface area contributed by atoms with Crippen LogP contribution in [0.15, 0.2) is 84.9 Å². The zero-order chi connectivity index (χ0) is 18.6. The topological polar surface area (TPSA) is 0 Å². The average molecular weight is 391 g/mol. The number of benzene rings is 4. The Balaban J connectivity index is 1.69. The van der Waals surface area contributed by atoms with Crippen LogP contribution in [-0.4, -0.2) is 0 Å². The summed E-state index contributed by atoms with van der Waals surface area (Å²) in [5, 5.41) is 3.65. The number of rotatable bonds is 5. The van der Waals surface area contributed by atoms with Gasteiger partial charge in [-0.3, -0.25) is 0 Å². The van der Waals surface area contributed by atoms with Crippen LogP contribution in [0.25, 0.3) is 21.9 Å². The van der Waals surface area contributed by atoms with Gasteiger partial charge in [-0.05, 0) is 52.8 Å². The monoisotopic (exact) mass is 390 g/mol. The third-order valence-electron chi connectivity index (χ3n) is 4.94. The van der Waals surface area contributed by atoms with Crippen LogP contribution in [0.2, 0.25) is 10.0 Å². The first-order chi connectivity index (χ1) is 13.2. The van der Waals surface area contributed by atoms with Gasteiger partial charge in [0.05, 0.1) is 10.0 Å². The van der Waals surface area contributed by atoms with E-state index in [1.54, 1.807) is 0 Å². The Morgan fingerprint density at radius 3 is 2.19 bits per heavy atom. The summed E-state index contributed by atoms with van der Waals surface area (Å²) in [4.78, 5) is 0. The van der Waals surface area contributed by atoms with E-state index in [4.69, 9.17) is 23.2 Å². The van der Waals surface area contributed by atoms with E-state index in [2.05, 4.69) is 66.7 Å². The first-order valence-electron chi connectivity index (χ1n) is 9.22. The van der Waals surface area contributed by atoms with E-state index in [0.717, 1.165) is 30.4 Å². The molecule has 0 aromatic heterocycles. The summed E-state index contributed by atoms with van der Waals surface area (Å²) in [5.74, 6) is 0. The van der Waals surface area contributed by atoms with Gasteiger partial charge in [0.25, 0.3) is 0 Å². The quantitative estimate of drug-likeness (QED) is 0.323. The highest BCUT2D eigenvalue weighted by Gasteiger charge is 2.11. The molecule has 4 aromatic rings. The fourth-order valence-corrected chi connectivity index (χ4v) is 4.00. The Morgan fingerprint density at radius 1 is 0.593 bits per heavy atom. The van der Waals surface area contributed by atoms with Gasteiger partial charge in [0, 0.05) is 5.56 Å². The minimum atomic E-state index is 0.590. The molecule has 0 nitrogen and oxygen atoms in total. The van der Waals surface area contributed by atoms with Crippen molar-refractivity contribution in [3.63, 3.8) is 0 Å². The highest BCUT2D eigenvalue weighted by Crippen LogP contribution is 2.38. The van der Waals surface area contributed by atoms with Gasteiger partial charge in [-0.25, -0.2) is 0 Å². The van der Waals surface area contributed by atoms with Crippen LogP contribution in [0.3, 0.4) is 0 Å². The summed E-state index contributed by atoms with van der Waals surface area (Å²) in [6, 6.07) is 29.5. The van der Waals surface area contributed by atoms with Crippen molar-refractivity contribution in [1.29, 1.82) is 0 Å². The maximum absolute atomic E-state index is 6.53. The molecule has 4 rings (SSSR count). The first kappa shape index (κ1) is 18.1. The number of hydrogen-bond donors (Lipinski definition) is 0. The molecule has 0 N–H and O–H groups in total. The van der Waals surface area contributed by atoms with Crippen LogP contribution in [0.1, 0.15) is 17.5 Å². The fraction of sp³-hybridized carbons (Fsp3) is 0.120. The van der Waals surface area contributed by atoms with Gasteiger partial charge < -0.3 is 0 Å². The van der Waals surface area contributed by atoms with E-state index in [9.17, 15) is 0 Å². The van der Waals surface area contributed by atoms with E-state index < -0.39 is 0 Å². The Kier molecular flexibility index (Phi) is 5.48. The van der Waals surface area contributed by atoms with Crippen LogP contribution in [-0.2, 0) is 12.8 Å². The minimum absolute atomic E-state index is 0.590. The Morgan fingerprint density at radius 2 is 1.33 bits per heavy atom. The molecule has 2 heteroatoms. The van der Waals surface area contributed by atoms with Crippen molar-refractivity contribution >= 4 is 34.0 Å². The van der Waals surface area contributed by atoms with E-state index in [-0.39, 0.29) is 0 Å². The molecule has 0 aliphatic carbocycles. The average Bonchev–Trinajstić information content (AvgIpc) is 2.70. The van der Waals surface area contributed by atoms with Gasteiger partial charge in [0.2, 0.25) is 0 Å². The summed E-state index contributed by atoms with van der Waals surface area (Å²) in [5.41, 5.74) is 4.85. The molecule has 134 valence electrons. The SMILES string of the molecule is Clc1cccc(-c2cc(CCCc3ccccc3)cc3ccccc23)c1Cl. The van der Waals surface area contributed by atoms with Gasteiger partial charge in [-0.2, -0.15) is 0 Å². The van der Waals surface area contributed by atoms with Gasteiger partial charge in [0.15, 0.2) is 0 Å². The lowest BCUT2D eigenvalue weighted by Crippen LogP contribution is -1.92.